The van der Waals surface area contributed by atoms with Crippen molar-refractivity contribution in [3.63, 3.8) is 0 Å². The van der Waals surface area contributed by atoms with Gasteiger partial charge in [0.05, 0.1) is 13.5 Å². The van der Waals surface area contributed by atoms with Crippen LogP contribution in [0.5, 0.6) is 0 Å². The molecule has 1 aromatic heterocycles. The van der Waals surface area contributed by atoms with E-state index < -0.39 is 0 Å². The summed E-state index contributed by atoms with van der Waals surface area (Å²) in [6.07, 6.45) is 2.05. The third-order valence-electron chi connectivity index (χ3n) is 2.13. The molecule has 0 fully saturated rings. The zero-order valence-corrected chi connectivity index (χ0v) is 10.7. The molecule has 0 aromatic carbocycles. The van der Waals surface area contributed by atoms with Crippen LogP contribution in [0.15, 0.2) is 18.7 Å². The van der Waals surface area contributed by atoms with Crippen molar-refractivity contribution in [2.75, 3.05) is 30.8 Å². The molecule has 2 N–H and O–H groups in total. The molecule has 1 aromatic rings. The maximum Gasteiger partial charge on any atom is 0.307 e. The van der Waals surface area contributed by atoms with E-state index in [2.05, 4.69) is 31.9 Å². The molecule has 0 aliphatic carbocycles. The molecular weight excluding hydrogens is 232 g/mol. The van der Waals surface area contributed by atoms with Gasteiger partial charge in [0.2, 0.25) is 0 Å². The number of rotatable bonds is 7. The molecule has 0 atom stereocenters. The summed E-state index contributed by atoms with van der Waals surface area (Å²) >= 11 is 0. The number of nitrogens with one attached hydrogen (secondary N) is 2. The van der Waals surface area contributed by atoms with E-state index in [0.29, 0.717) is 31.2 Å². The van der Waals surface area contributed by atoms with E-state index in [0.717, 1.165) is 5.82 Å². The van der Waals surface area contributed by atoms with Gasteiger partial charge in [-0.1, -0.05) is 6.08 Å². The van der Waals surface area contributed by atoms with Crippen LogP contribution < -0.4 is 10.6 Å². The van der Waals surface area contributed by atoms with Crippen molar-refractivity contribution >= 4 is 17.6 Å². The Morgan fingerprint density at radius 1 is 1.44 bits per heavy atom. The molecule has 0 amide bonds. The molecule has 0 aliphatic heterocycles. The number of aryl methyl sites for hydroxylation is 1. The average Bonchev–Trinajstić information content (AvgIpc) is 2.35. The lowest BCUT2D eigenvalue weighted by atomic mass is 10.4. The number of carbonyl (C=O) groups is 1. The lowest BCUT2D eigenvalue weighted by molar-refractivity contribution is -0.140. The van der Waals surface area contributed by atoms with Gasteiger partial charge in [0.1, 0.15) is 17.5 Å². The number of ether oxygens (including phenoxy) is 1. The van der Waals surface area contributed by atoms with Gasteiger partial charge in [-0.3, -0.25) is 4.79 Å². The van der Waals surface area contributed by atoms with E-state index in [9.17, 15) is 4.79 Å². The van der Waals surface area contributed by atoms with E-state index in [1.54, 1.807) is 12.1 Å². The number of hydrogen-bond acceptors (Lipinski definition) is 6. The Morgan fingerprint density at radius 3 is 2.72 bits per heavy atom. The molecule has 0 unspecified atom stereocenters. The number of esters is 1. The van der Waals surface area contributed by atoms with Crippen molar-refractivity contribution < 1.29 is 9.53 Å². The number of aromatic nitrogens is 2. The lowest BCUT2D eigenvalue weighted by Gasteiger charge is -2.08. The zero-order valence-electron chi connectivity index (χ0n) is 10.7. The van der Waals surface area contributed by atoms with E-state index in [-0.39, 0.29) is 5.97 Å². The standard InChI is InChI=1S/C12H18N4O2/c1-4-6-13-10-8-11(16-9(2)15-10)14-7-5-12(17)18-3/h4,8H,1,5-7H2,2-3H3,(H2,13,14,15,16). The first-order valence-electron chi connectivity index (χ1n) is 5.67. The molecule has 0 saturated carbocycles. The number of methoxy groups -OCH3 is 1. The normalized spacial score (nSPS) is 9.67. The van der Waals surface area contributed by atoms with Crippen LogP contribution in [0.4, 0.5) is 11.6 Å². The van der Waals surface area contributed by atoms with Gasteiger partial charge in [-0.05, 0) is 6.92 Å². The molecule has 6 nitrogen and oxygen atoms in total. The molecule has 1 heterocycles. The van der Waals surface area contributed by atoms with Crippen molar-refractivity contribution in [3.05, 3.63) is 24.5 Å². The van der Waals surface area contributed by atoms with Gasteiger partial charge in [-0.2, -0.15) is 0 Å². The Labute approximate surface area is 106 Å². The minimum Gasteiger partial charge on any atom is -0.469 e. The lowest BCUT2D eigenvalue weighted by Crippen LogP contribution is -2.12. The molecule has 1 rings (SSSR count). The molecule has 6 heteroatoms. The second-order valence-corrected chi connectivity index (χ2v) is 3.61. The van der Waals surface area contributed by atoms with Gasteiger partial charge in [0, 0.05) is 19.2 Å². The fourth-order valence-electron chi connectivity index (χ4n) is 1.32. The average molecular weight is 250 g/mol. The summed E-state index contributed by atoms with van der Waals surface area (Å²) < 4.78 is 4.55. The largest absolute Gasteiger partial charge is 0.469 e. The molecular formula is C12H18N4O2. The van der Waals surface area contributed by atoms with E-state index in [4.69, 9.17) is 0 Å². The summed E-state index contributed by atoms with van der Waals surface area (Å²) in [5.74, 6) is 1.81. The van der Waals surface area contributed by atoms with Gasteiger partial charge < -0.3 is 15.4 Å². The highest BCUT2D eigenvalue weighted by atomic mass is 16.5. The summed E-state index contributed by atoms with van der Waals surface area (Å²) in [5.41, 5.74) is 0. The molecule has 98 valence electrons. The minimum atomic E-state index is -0.252. The Morgan fingerprint density at radius 2 is 2.11 bits per heavy atom. The van der Waals surface area contributed by atoms with Crippen LogP contribution in [0.2, 0.25) is 0 Å². The maximum absolute atomic E-state index is 11.0. The van der Waals surface area contributed by atoms with Crippen LogP contribution in [0.3, 0.4) is 0 Å². The molecule has 0 bridgehead atoms. The Hall–Kier alpha value is -2.11. The highest BCUT2D eigenvalue weighted by molar-refractivity contribution is 5.69. The van der Waals surface area contributed by atoms with Crippen molar-refractivity contribution in [1.82, 2.24) is 9.97 Å². The summed E-state index contributed by atoms with van der Waals surface area (Å²) in [7, 11) is 1.37. The fourth-order valence-corrected chi connectivity index (χ4v) is 1.32. The van der Waals surface area contributed by atoms with Crippen LogP contribution in [0, 0.1) is 6.92 Å². The summed E-state index contributed by atoms with van der Waals surface area (Å²) in [6, 6.07) is 1.79. The quantitative estimate of drug-likeness (QED) is 0.562. The minimum absolute atomic E-state index is 0.252. The highest BCUT2D eigenvalue weighted by Crippen LogP contribution is 2.10. The molecule has 0 saturated heterocycles. The fraction of sp³-hybridized carbons (Fsp3) is 0.417. The van der Waals surface area contributed by atoms with Gasteiger partial charge in [-0.15, -0.1) is 6.58 Å². The maximum atomic E-state index is 11.0. The zero-order chi connectivity index (χ0) is 13.4. The second-order valence-electron chi connectivity index (χ2n) is 3.61. The van der Waals surface area contributed by atoms with Gasteiger partial charge in [0.15, 0.2) is 0 Å². The van der Waals surface area contributed by atoms with E-state index in [1.807, 2.05) is 6.92 Å². The van der Waals surface area contributed by atoms with E-state index >= 15 is 0 Å². The van der Waals surface area contributed by atoms with E-state index in [1.165, 1.54) is 7.11 Å². The number of anilines is 2. The second kappa shape index (κ2) is 7.26. The number of hydrogen-bond donors (Lipinski definition) is 2. The van der Waals surface area contributed by atoms with Gasteiger partial charge >= 0.3 is 5.97 Å². The van der Waals surface area contributed by atoms with Crippen molar-refractivity contribution in [2.24, 2.45) is 0 Å². The Bertz CT molecular complexity index is 421. The summed E-state index contributed by atoms with van der Waals surface area (Å²) in [6.45, 7) is 6.55. The van der Waals surface area contributed by atoms with Crippen molar-refractivity contribution in [1.29, 1.82) is 0 Å². The predicted molar refractivity (Wildman–Crippen MR) is 70.6 cm³/mol. The van der Waals surface area contributed by atoms with Crippen LogP contribution in [-0.4, -0.2) is 36.1 Å². The number of nitrogens with zero attached hydrogens (tertiary/aromatic N) is 2. The van der Waals surface area contributed by atoms with Gasteiger partial charge in [-0.25, -0.2) is 9.97 Å². The summed E-state index contributed by atoms with van der Waals surface area (Å²) in [5, 5.41) is 6.13. The van der Waals surface area contributed by atoms with Gasteiger partial charge in [0.25, 0.3) is 0 Å². The monoisotopic (exact) mass is 250 g/mol. The smallest absolute Gasteiger partial charge is 0.307 e. The molecule has 18 heavy (non-hydrogen) atoms. The van der Waals surface area contributed by atoms with Crippen molar-refractivity contribution in [3.8, 4) is 0 Å². The topological polar surface area (TPSA) is 76.1 Å². The third kappa shape index (κ3) is 4.82. The third-order valence-corrected chi connectivity index (χ3v) is 2.13. The highest BCUT2D eigenvalue weighted by Gasteiger charge is 2.03. The Kier molecular flexibility index (Phi) is 5.63. The van der Waals surface area contributed by atoms with Crippen molar-refractivity contribution in [2.45, 2.75) is 13.3 Å². The molecule has 0 radical (unpaired) electrons. The first kappa shape index (κ1) is 14.0. The van der Waals surface area contributed by atoms with Crippen LogP contribution in [-0.2, 0) is 9.53 Å². The van der Waals surface area contributed by atoms with Crippen LogP contribution in [0.1, 0.15) is 12.2 Å². The SMILES string of the molecule is C=CCNc1cc(NCCC(=O)OC)nc(C)n1. The first-order valence-corrected chi connectivity index (χ1v) is 5.67. The summed E-state index contributed by atoms with van der Waals surface area (Å²) in [4.78, 5) is 19.4. The van der Waals surface area contributed by atoms with Crippen LogP contribution >= 0.6 is 0 Å². The Balaban J connectivity index is 2.56. The predicted octanol–water partition coefficient (Wildman–Crippen LogP) is 1.36. The first-order chi connectivity index (χ1) is 8.65. The molecule has 0 aliphatic rings. The number of carbonyl (C=O) groups excluding carboxylic acids is 1. The molecule has 0 spiro atoms. The van der Waals surface area contributed by atoms with Crippen LogP contribution in [0.25, 0.3) is 0 Å².